The highest BCUT2D eigenvalue weighted by Gasteiger charge is 2.12. The molecule has 1 heterocycles. The van der Waals surface area contributed by atoms with E-state index in [-0.39, 0.29) is 5.91 Å². The van der Waals surface area contributed by atoms with Crippen molar-refractivity contribution in [2.45, 2.75) is 20.3 Å². The van der Waals surface area contributed by atoms with E-state index in [4.69, 9.17) is 4.74 Å². The van der Waals surface area contributed by atoms with E-state index in [1.807, 2.05) is 24.3 Å². The van der Waals surface area contributed by atoms with E-state index in [1.54, 1.807) is 0 Å². The number of para-hydroxylation sites is 1. The maximum atomic E-state index is 12.0. The van der Waals surface area contributed by atoms with Crippen molar-refractivity contribution in [2.24, 2.45) is 5.92 Å². The number of fused-ring (bicyclic) bond motifs is 1. The third-order valence-electron chi connectivity index (χ3n) is 2.89. The summed E-state index contributed by atoms with van der Waals surface area (Å²) in [5, 5.41) is 10.6. The Balaban J connectivity index is 1.78. The number of carbonyl (C=O) groups is 1. The van der Waals surface area contributed by atoms with Crippen LogP contribution in [-0.2, 0) is 4.74 Å². The molecule has 0 fully saturated rings. The van der Waals surface area contributed by atoms with E-state index in [1.165, 1.54) is 0 Å². The third-order valence-corrected chi connectivity index (χ3v) is 2.89. The number of amides is 1. The number of nitrogens with one attached hydrogen (secondary N) is 2. The molecule has 1 aromatic heterocycles. The van der Waals surface area contributed by atoms with Gasteiger partial charge in [-0.05, 0) is 18.4 Å². The first-order valence-corrected chi connectivity index (χ1v) is 6.97. The van der Waals surface area contributed by atoms with Crippen LogP contribution in [0.2, 0.25) is 0 Å². The molecular weight excluding hydrogens is 254 g/mol. The van der Waals surface area contributed by atoms with Crippen LogP contribution >= 0.6 is 0 Å². The van der Waals surface area contributed by atoms with Gasteiger partial charge in [0.2, 0.25) is 0 Å². The highest BCUT2D eigenvalue weighted by Crippen LogP contribution is 2.14. The molecule has 0 saturated carbocycles. The fraction of sp³-hybridized carbons (Fsp3) is 0.467. The van der Waals surface area contributed by atoms with Crippen LogP contribution in [0.25, 0.3) is 10.9 Å². The Morgan fingerprint density at radius 2 is 2.20 bits per heavy atom. The zero-order valence-corrected chi connectivity index (χ0v) is 12.0. The molecule has 108 valence electrons. The Labute approximate surface area is 118 Å². The number of aromatic nitrogens is 2. The van der Waals surface area contributed by atoms with E-state index in [9.17, 15) is 4.79 Å². The molecule has 5 heteroatoms. The normalized spacial score (nSPS) is 11.2. The summed E-state index contributed by atoms with van der Waals surface area (Å²) >= 11 is 0. The van der Waals surface area contributed by atoms with Gasteiger partial charge >= 0.3 is 0 Å². The monoisotopic (exact) mass is 275 g/mol. The van der Waals surface area contributed by atoms with E-state index < -0.39 is 0 Å². The highest BCUT2D eigenvalue weighted by atomic mass is 16.5. The molecule has 2 N–H and O–H groups in total. The Hall–Kier alpha value is -1.88. The lowest BCUT2D eigenvalue weighted by Crippen LogP contribution is -2.26. The SMILES string of the molecule is CC(C)COCCCNC(=O)c1n[nH]c2ccccc12. The first-order chi connectivity index (χ1) is 9.68. The number of ether oxygens (including phenoxy) is 1. The van der Waals surface area contributed by atoms with Crippen LogP contribution in [0.3, 0.4) is 0 Å². The summed E-state index contributed by atoms with van der Waals surface area (Å²) in [4.78, 5) is 12.0. The van der Waals surface area contributed by atoms with Crippen molar-refractivity contribution in [3.8, 4) is 0 Å². The predicted octanol–water partition coefficient (Wildman–Crippen LogP) is 2.36. The van der Waals surface area contributed by atoms with Crippen LogP contribution in [-0.4, -0.2) is 35.9 Å². The van der Waals surface area contributed by atoms with Gasteiger partial charge < -0.3 is 10.1 Å². The van der Waals surface area contributed by atoms with Crippen molar-refractivity contribution in [2.75, 3.05) is 19.8 Å². The number of carbonyl (C=O) groups excluding carboxylic acids is 1. The minimum absolute atomic E-state index is 0.147. The number of benzene rings is 1. The standard InChI is InChI=1S/C15H21N3O2/c1-11(2)10-20-9-5-8-16-15(19)14-12-6-3-4-7-13(12)17-18-14/h3-4,6-7,11H,5,8-10H2,1-2H3,(H,16,19)(H,17,18). The van der Waals surface area contributed by atoms with Gasteiger partial charge in [-0.2, -0.15) is 5.10 Å². The molecular formula is C15H21N3O2. The second kappa shape index (κ2) is 7.05. The molecule has 5 nitrogen and oxygen atoms in total. The van der Waals surface area contributed by atoms with E-state index in [0.29, 0.717) is 24.8 Å². The summed E-state index contributed by atoms with van der Waals surface area (Å²) in [6, 6.07) is 7.60. The van der Waals surface area contributed by atoms with E-state index in [2.05, 4.69) is 29.4 Å². The number of aromatic amines is 1. The van der Waals surface area contributed by atoms with Crippen molar-refractivity contribution < 1.29 is 9.53 Å². The number of hydrogen-bond acceptors (Lipinski definition) is 3. The molecule has 0 saturated heterocycles. The van der Waals surface area contributed by atoms with Gasteiger partial charge in [0.15, 0.2) is 5.69 Å². The molecule has 2 rings (SSSR count). The maximum Gasteiger partial charge on any atom is 0.272 e. The summed E-state index contributed by atoms with van der Waals surface area (Å²) in [6.07, 6.45) is 0.806. The van der Waals surface area contributed by atoms with Crippen LogP contribution in [0.5, 0.6) is 0 Å². The lowest BCUT2D eigenvalue weighted by atomic mass is 10.2. The second-order valence-electron chi connectivity index (χ2n) is 5.20. The van der Waals surface area contributed by atoms with Crippen molar-refractivity contribution >= 4 is 16.8 Å². The fourth-order valence-corrected chi connectivity index (χ4v) is 1.92. The molecule has 1 aromatic carbocycles. The largest absolute Gasteiger partial charge is 0.381 e. The smallest absolute Gasteiger partial charge is 0.272 e. The minimum Gasteiger partial charge on any atom is -0.381 e. The van der Waals surface area contributed by atoms with Crippen molar-refractivity contribution in [1.29, 1.82) is 0 Å². The Kier molecular flexibility index (Phi) is 5.12. The molecule has 0 aliphatic carbocycles. The molecule has 20 heavy (non-hydrogen) atoms. The maximum absolute atomic E-state index is 12.0. The number of nitrogens with zero attached hydrogens (tertiary/aromatic N) is 1. The topological polar surface area (TPSA) is 67.0 Å². The average molecular weight is 275 g/mol. The van der Waals surface area contributed by atoms with Gasteiger partial charge in [-0.15, -0.1) is 0 Å². The van der Waals surface area contributed by atoms with Crippen LogP contribution in [0.4, 0.5) is 0 Å². The third kappa shape index (κ3) is 3.81. The molecule has 0 radical (unpaired) electrons. The summed E-state index contributed by atoms with van der Waals surface area (Å²) in [6.45, 7) is 6.25. The van der Waals surface area contributed by atoms with Crippen molar-refractivity contribution in [3.05, 3.63) is 30.0 Å². The van der Waals surface area contributed by atoms with Gasteiger partial charge in [-0.3, -0.25) is 9.89 Å². The lowest BCUT2D eigenvalue weighted by molar-refractivity contribution is 0.0922. The first-order valence-electron chi connectivity index (χ1n) is 6.97. The first kappa shape index (κ1) is 14.5. The van der Waals surface area contributed by atoms with E-state index in [0.717, 1.165) is 23.9 Å². The van der Waals surface area contributed by atoms with Gasteiger partial charge in [0.1, 0.15) is 0 Å². The summed E-state index contributed by atoms with van der Waals surface area (Å²) in [5.41, 5.74) is 1.32. The predicted molar refractivity (Wildman–Crippen MR) is 78.7 cm³/mol. The Morgan fingerprint density at radius 3 is 3.00 bits per heavy atom. The number of hydrogen-bond donors (Lipinski definition) is 2. The molecule has 2 aromatic rings. The molecule has 1 amide bonds. The quantitative estimate of drug-likeness (QED) is 0.762. The minimum atomic E-state index is -0.147. The van der Waals surface area contributed by atoms with Crippen molar-refractivity contribution in [1.82, 2.24) is 15.5 Å². The second-order valence-corrected chi connectivity index (χ2v) is 5.20. The van der Waals surface area contributed by atoms with Gasteiger partial charge in [-0.25, -0.2) is 0 Å². The van der Waals surface area contributed by atoms with Gasteiger partial charge in [0, 0.05) is 25.1 Å². The molecule has 0 atom stereocenters. The zero-order valence-electron chi connectivity index (χ0n) is 12.0. The number of H-pyrrole nitrogens is 1. The molecule has 0 unspecified atom stereocenters. The molecule has 0 bridgehead atoms. The molecule has 0 spiro atoms. The number of rotatable bonds is 7. The molecule has 0 aliphatic heterocycles. The Bertz CT molecular complexity index is 563. The molecule has 0 aliphatic rings. The van der Waals surface area contributed by atoms with Crippen LogP contribution in [0, 0.1) is 5.92 Å². The van der Waals surface area contributed by atoms with E-state index >= 15 is 0 Å². The van der Waals surface area contributed by atoms with Gasteiger partial charge in [0.05, 0.1) is 5.52 Å². The average Bonchev–Trinajstić information content (AvgIpc) is 2.86. The lowest BCUT2D eigenvalue weighted by Gasteiger charge is -2.07. The van der Waals surface area contributed by atoms with Crippen LogP contribution in [0.1, 0.15) is 30.8 Å². The van der Waals surface area contributed by atoms with Crippen LogP contribution < -0.4 is 5.32 Å². The summed E-state index contributed by atoms with van der Waals surface area (Å²) in [5.74, 6) is 0.395. The summed E-state index contributed by atoms with van der Waals surface area (Å²) in [7, 11) is 0. The van der Waals surface area contributed by atoms with Gasteiger partial charge in [0.25, 0.3) is 5.91 Å². The van der Waals surface area contributed by atoms with Crippen molar-refractivity contribution in [3.63, 3.8) is 0 Å². The zero-order chi connectivity index (χ0) is 14.4. The van der Waals surface area contributed by atoms with Gasteiger partial charge in [-0.1, -0.05) is 32.0 Å². The van der Waals surface area contributed by atoms with Crippen LogP contribution in [0.15, 0.2) is 24.3 Å². The Morgan fingerprint density at radius 1 is 1.40 bits per heavy atom. The highest BCUT2D eigenvalue weighted by molar-refractivity contribution is 6.04. The fourth-order valence-electron chi connectivity index (χ4n) is 1.92. The summed E-state index contributed by atoms with van der Waals surface area (Å²) < 4.78 is 5.46.